The van der Waals surface area contributed by atoms with E-state index in [1.807, 2.05) is 91.0 Å². The molecule has 0 atom stereocenters. The van der Waals surface area contributed by atoms with Crippen molar-refractivity contribution in [3.8, 4) is 5.75 Å². The topological polar surface area (TPSA) is 43.4 Å². The van der Waals surface area contributed by atoms with Crippen LogP contribution < -0.4 is 20.7 Å². The van der Waals surface area contributed by atoms with E-state index in [4.69, 9.17) is 4.74 Å². The maximum atomic E-state index is 14.7. The van der Waals surface area contributed by atoms with Crippen LogP contribution in [0.1, 0.15) is 6.92 Å². The van der Waals surface area contributed by atoms with Crippen molar-refractivity contribution >= 4 is 39.8 Å². The summed E-state index contributed by atoms with van der Waals surface area (Å²) in [6, 6.07) is 30.2. The van der Waals surface area contributed by atoms with Gasteiger partial charge in [0.1, 0.15) is 5.75 Å². The molecule has 4 aromatic carbocycles. The molecule has 4 heteroatoms. The molecule has 4 rings (SSSR count). The van der Waals surface area contributed by atoms with Crippen molar-refractivity contribution in [2.45, 2.75) is 6.92 Å². The van der Waals surface area contributed by atoms with Gasteiger partial charge in [-0.2, -0.15) is 0 Å². The highest BCUT2D eigenvalue weighted by atomic mass is 31.2. The van der Waals surface area contributed by atoms with Gasteiger partial charge in [0.25, 0.3) is 0 Å². The number of carbonyl (C=O) groups is 1. The van der Waals surface area contributed by atoms with Crippen molar-refractivity contribution in [2.24, 2.45) is 0 Å². The lowest BCUT2D eigenvalue weighted by atomic mass is 10.1. The van der Waals surface area contributed by atoms with Gasteiger partial charge >= 0.3 is 5.97 Å². The highest BCUT2D eigenvalue weighted by molar-refractivity contribution is 7.85. The summed E-state index contributed by atoms with van der Waals surface area (Å²) in [6.45, 7) is 1.37. The Labute approximate surface area is 164 Å². The molecule has 0 unspecified atom stereocenters. The van der Waals surface area contributed by atoms with E-state index in [0.717, 1.165) is 16.0 Å². The second kappa shape index (κ2) is 7.46. The summed E-state index contributed by atoms with van der Waals surface area (Å²) in [7, 11) is -3.18. The third-order valence-electron chi connectivity index (χ3n) is 4.68. The van der Waals surface area contributed by atoms with Gasteiger partial charge in [0.15, 0.2) is 7.14 Å². The molecule has 4 aromatic rings. The maximum absolute atomic E-state index is 14.7. The second-order valence-electron chi connectivity index (χ2n) is 6.51. The van der Waals surface area contributed by atoms with E-state index >= 15 is 0 Å². The lowest BCUT2D eigenvalue weighted by Crippen LogP contribution is -2.25. The fourth-order valence-corrected chi connectivity index (χ4v) is 6.38. The summed E-state index contributed by atoms with van der Waals surface area (Å²) in [4.78, 5) is 11.7. The lowest BCUT2D eigenvalue weighted by Gasteiger charge is -2.22. The Hall–Kier alpha value is -3.16. The molecule has 0 bridgehead atoms. The first kappa shape index (κ1) is 18.2. The van der Waals surface area contributed by atoms with Crippen molar-refractivity contribution in [3.63, 3.8) is 0 Å². The molecular formula is C24H19O3P. The number of ether oxygens (including phenoxy) is 1. The minimum Gasteiger partial charge on any atom is -0.426 e. The second-order valence-corrected chi connectivity index (χ2v) is 9.24. The van der Waals surface area contributed by atoms with Crippen molar-refractivity contribution in [1.29, 1.82) is 0 Å². The van der Waals surface area contributed by atoms with Gasteiger partial charge < -0.3 is 9.30 Å². The number of hydrogen-bond donors (Lipinski definition) is 0. The van der Waals surface area contributed by atoms with Gasteiger partial charge in [-0.1, -0.05) is 91.0 Å². The zero-order chi connectivity index (χ0) is 19.6. The molecule has 0 aliphatic rings. The number of hydrogen-bond acceptors (Lipinski definition) is 3. The molecule has 3 nitrogen and oxygen atoms in total. The van der Waals surface area contributed by atoms with E-state index < -0.39 is 13.1 Å². The van der Waals surface area contributed by atoms with Gasteiger partial charge in [-0.15, -0.1) is 0 Å². The van der Waals surface area contributed by atoms with Gasteiger partial charge in [0.2, 0.25) is 0 Å². The number of rotatable bonds is 4. The third-order valence-corrected chi connectivity index (χ3v) is 7.78. The molecule has 0 aromatic heterocycles. The van der Waals surface area contributed by atoms with E-state index in [1.54, 1.807) is 6.07 Å². The average Bonchev–Trinajstić information content (AvgIpc) is 2.74. The van der Waals surface area contributed by atoms with Crippen LogP contribution in [0.3, 0.4) is 0 Å². The SMILES string of the molecule is CC(=O)Oc1cccc2cccc(P(=O)(c3ccccc3)c3ccccc3)c12. The van der Waals surface area contributed by atoms with Crippen molar-refractivity contribution < 1.29 is 14.1 Å². The Kier molecular flexibility index (Phi) is 4.85. The molecule has 0 saturated heterocycles. The maximum Gasteiger partial charge on any atom is 0.308 e. The molecular weight excluding hydrogens is 367 g/mol. The molecule has 138 valence electrons. The van der Waals surface area contributed by atoms with E-state index in [2.05, 4.69) is 0 Å². The molecule has 0 radical (unpaired) electrons. The Balaban J connectivity index is 2.10. The summed E-state index contributed by atoms with van der Waals surface area (Å²) < 4.78 is 20.2. The van der Waals surface area contributed by atoms with Gasteiger partial charge in [0.05, 0.1) is 0 Å². The zero-order valence-corrected chi connectivity index (χ0v) is 16.3. The first-order valence-electron chi connectivity index (χ1n) is 9.03. The Bertz CT molecular complexity index is 1140. The Morgan fingerprint density at radius 3 is 1.79 bits per heavy atom. The van der Waals surface area contributed by atoms with Gasteiger partial charge in [-0.3, -0.25) is 4.79 Å². The fourth-order valence-electron chi connectivity index (χ4n) is 3.49. The third kappa shape index (κ3) is 3.15. The van der Waals surface area contributed by atoms with E-state index in [9.17, 15) is 9.36 Å². The van der Waals surface area contributed by atoms with Crippen molar-refractivity contribution in [2.75, 3.05) is 0 Å². The summed E-state index contributed by atoms with van der Waals surface area (Å²) >= 11 is 0. The Morgan fingerprint density at radius 1 is 0.714 bits per heavy atom. The van der Waals surface area contributed by atoms with Gasteiger partial charge in [-0.05, 0) is 11.5 Å². The first-order valence-corrected chi connectivity index (χ1v) is 10.7. The Morgan fingerprint density at radius 2 is 1.25 bits per heavy atom. The summed E-state index contributed by atoms with van der Waals surface area (Å²) in [5.74, 6) is 0.0178. The van der Waals surface area contributed by atoms with Crippen LogP contribution >= 0.6 is 7.14 Å². The first-order chi connectivity index (χ1) is 13.6. The largest absolute Gasteiger partial charge is 0.426 e. The standard InChI is InChI=1S/C24H19O3P/c1-18(25)27-22-16-8-10-19-11-9-17-23(24(19)22)28(26,20-12-4-2-5-13-20)21-14-6-3-7-15-21/h2-17H,1H3. The molecule has 0 amide bonds. The predicted octanol–water partition coefficient (Wildman–Crippen LogP) is 4.40. The van der Waals surface area contributed by atoms with Crippen LogP contribution in [-0.4, -0.2) is 5.97 Å². The van der Waals surface area contributed by atoms with Crippen LogP contribution in [0.5, 0.6) is 5.75 Å². The number of carbonyl (C=O) groups excluding carboxylic acids is 1. The average molecular weight is 386 g/mol. The number of fused-ring (bicyclic) bond motifs is 1. The minimum atomic E-state index is -3.18. The van der Waals surface area contributed by atoms with E-state index in [-0.39, 0.29) is 0 Å². The van der Waals surface area contributed by atoms with Crippen LogP contribution in [0.4, 0.5) is 0 Å². The van der Waals surface area contributed by atoms with Gasteiger partial charge in [-0.25, -0.2) is 0 Å². The van der Waals surface area contributed by atoms with Crippen LogP contribution in [0.2, 0.25) is 0 Å². The fraction of sp³-hybridized carbons (Fsp3) is 0.0417. The number of benzene rings is 4. The number of esters is 1. The molecule has 0 saturated carbocycles. The molecule has 0 spiro atoms. The summed E-state index contributed by atoms with van der Waals surface area (Å²) in [5.41, 5.74) is 0. The lowest BCUT2D eigenvalue weighted by molar-refractivity contribution is -0.131. The van der Waals surface area contributed by atoms with Crippen LogP contribution in [0.15, 0.2) is 97.1 Å². The molecule has 0 aliphatic carbocycles. The summed E-state index contributed by atoms with van der Waals surface area (Å²) in [5, 5.41) is 3.73. The highest BCUT2D eigenvalue weighted by Crippen LogP contribution is 2.45. The van der Waals surface area contributed by atoms with E-state index in [1.165, 1.54) is 6.92 Å². The van der Waals surface area contributed by atoms with Gasteiger partial charge in [0, 0.05) is 28.2 Å². The molecule has 0 aliphatic heterocycles. The van der Waals surface area contributed by atoms with Crippen molar-refractivity contribution in [1.82, 2.24) is 0 Å². The van der Waals surface area contributed by atoms with Crippen LogP contribution in [0.25, 0.3) is 10.8 Å². The monoisotopic (exact) mass is 386 g/mol. The zero-order valence-electron chi connectivity index (χ0n) is 15.4. The van der Waals surface area contributed by atoms with Crippen LogP contribution in [-0.2, 0) is 9.36 Å². The van der Waals surface area contributed by atoms with E-state index in [0.29, 0.717) is 16.4 Å². The molecule has 0 fully saturated rings. The predicted molar refractivity (Wildman–Crippen MR) is 115 cm³/mol. The minimum absolute atomic E-state index is 0.406. The van der Waals surface area contributed by atoms with Crippen molar-refractivity contribution in [3.05, 3.63) is 97.1 Å². The quantitative estimate of drug-likeness (QED) is 0.297. The smallest absolute Gasteiger partial charge is 0.308 e. The van der Waals surface area contributed by atoms with Crippen LogP contribution in [0, 0.1) is 0 Å². The summed E-state index contributed by atoms with van der Waals surface area (Å²) in [6.07, 6.45) is 0. The molecule has 28 heavy (non-hydrogen) atoms. The normalized spacial score (nSPS) is 11.3. The highest BCUT2D eigenvalue weighted by Gasteiger charge is 2.32. The molecule has 0 N–H and O–H groups in total. The molecule has 0 heterocycles.